The molecule has 0 bridgehead atoms. The maximum atomic E-state index is 11.8. The Bertz CT molecular complexity index is 267. The molecule has 0 rings (SSSR count). The van der Waals surface area contributed by atoms with Gasteiger partial charge in [-0.1, -0.05) is 27.2 Å². The highest BCUT2D eigenvalue weighted by Crippen LogP contribution is 2.14. The maximum absolute atomic E-state index is 11.8. The second-order valence-corrected chi connectivity index (χ2v) is 5.18. The standard InChI is InChI=1S/C13H26N2O3/c1-4-5-11(13(17)18)15-12(16)7-10(8-14)6-9(2)3/h9-11H,4-8,14H2,1-3H3,(H,15,16)(H,17,18)/t10-,11-/m0/s1. The van der Waals surface area contributed by atoms with Crippen LogP contribution in [-0.4, -0.2) is 29.6 Å². The Kier molecular flexibility index (Phi) is 8.37. The van der Waals surface area contributed by atoms with Gasteiger partial charge in [0.2, 0.25) is 5.91 Å². The second kappa shape index (κ2) is 8.91. The van der Waals surface area contributed by atoms with Crippen LogP contribution in [0.1, 0.15) is 46.5 Å². The Morgan fingerprint density at radius 1 is 1.33 bits per heavy atom. The minimum absolute atomic E-state index is 0.126. The van der Waals surface area contributed by atoms with E-state index in [1.54, 1.807) is 0 Å². The van der Waals surface area contributed by atoms with Gasteiger partial charge in [-0.3, -0.25) is 4.79 Å². The number of carboxylic acid groups (broad SMARTS) is 1. The van der Waals surface area contributed by atoms with E-state index in [0.717, 1.165) is 12.8 Å². The molecule has 0 fully saturated rings. The Morgan fingerprint density at radius 3 is 2.33 bits per heavy atom. The van der Waals surface area contributed by atoms with E-state index in [1.807, 2.05) is 6.92 Å². The average Bonchev–Trinajstić information content (AvgIpc) is 2.26. The van der Waals surface area contributed by atoms with E-state index in [2.05, 4.69) is 19.2 Å². The van der Waals surface area contributed by atoms with Crippen LogP contribution in [0.2, 0.25) is 0 Å². The van der Waals surface area contributed by atoms with Crippen molar-refractivity contribution in [3.8, 4) is 0 Å². The normalized spacial score (nSPS) is 14.3. The van der Waals surface area contributed by atoms with Crippen LogP contribution in [0, 0.1) is 11.8 Å². The van der Waals surface area contributed by atoms with E-state index < -0.39 is 12.0 Å². The molecule has 0 aromatic heterocycles. The zero-order chi connectivity index (χ0) is 14.1. The van der Waals surface area contributed by atoms with Crippen molar-refractivity contribution >= 4 is 11.9 Å². The van der Waals surface area contributed by atoms with Crippen LogP contribution in [0.15, 0.2) is 0 Å². The van der Waals surface area contributed by atoms with Gasteiger partial charge in [-0.25, -0.2) is 4.79 Å². The number of carbonyl (C=O) groups is 2. The van der Waals surface area contributed by atoms with Crippen LogP contribution in [-0.2, 0) is 9.59 Å². The number of amides is 1. The summed E-state index contributed by atoms with van der Waals surface area (Å²) in [5.74, 6) is -0.580. The van der Waals surface area contributed by atoms with E-state index >= 15 is 0 Å². The molecule has 0 aliphatic heterocycles. The van der Waals surface area contributed by atoms with Gasteiger partial charge in [0.25, 0.3) is 0 Å². The van der Waals surface area contributed by atoms with Crippen molar-refractivity contribution in [2.24, 2.45) is 17.6 Å². The molecule has 0 aliphatic rings. The Balaban J connectivity index is 4.24. The molecule has 106 valence electrons. The van der Waals surface area contributed by atoms with Gasteiger partial charge in [-0.15, -0.1) is 0 Å². The van der Waals surface area contributed by atoms with Gasteiger partial charge in [0.05, 0.1) is 0 Å². The van der Waals surface area contributed by atoms with Gasteiger partial charge < -0.3 is 16.2 Å². The minimum atomic E-state index is -0.974. The fourth-order valence-electron chi connectivity index (χ4n) is 1.99. The number of aliphatic carboxylic acids is 1. The summed E-state index contributed by atoms with van der Waals surface area (Å²) in [6, 6.07) is -0.778. The molecule has 4 N–H and O–H groups in total. The average molecular weight is 258 g/mol. The highest BCUT2D eigenvalue weighted by molar-refractivity contribution is 5.83. The molecule has 0 saturated heterocycles. The lowest BCUT2D eigenvalue weighted by Crippen LogP contribution is -2.41. The van der Waals surface area contributed by atoms with E-state index in [0.29, 0.717) is 25.3 Å². The fourth-order valence-corrected chi connectivity index (χ4v) is 1.99. The highest BCUT2D eigenvalue weighted by atomic mass is 16.4. The van der Waals surface area contributed by atoms with Crippen LogP contribution in [0.5, 0.6) is 0 Å². The first-order chi connectivity index (χ1) is 8.40. The van der Waals surface area contributed by atoms with E-state index in [9.17, 15) is 9.59 Å². The highest BCUT2D eigenvalue weighted by Gasteiger charge is 2.21. The molecule has 0 aromatic carbocycles. The monoisotopic (exact) mass is 258 g/mol. The molecule has 0 unspecified atom stereocenters. The summed E-state index contributed by atoms with van der Waals surface area (Å²) < 4.78 is 0. The molecule has 0 heterocycles. The van der Waals surface area contributed by atoms with Gasteiger partial charge in [-0.2, -0.15) is 0 Å². The summed E-state index contributed by atoms with van der Waals surface area (Å²) in [7, 11) is 0. The Morgan fingerprint density at radius 2 is 1.94 bits per heavy atom. The van der Waals surface area contributed by atoms with Crippen molar-refractivity contribution in [3.05, 3.63) is 0 Å². The van der Waals surface area contributed by atoms with Gasteiger partial charge >= 0.3 is 5.97 Å². The summed E-state index contributed by atoms with van der Waals surface area (Å²) >= 11 is 0. The number of nitrogens with two attached hydrogens (primary N) is 1. The van der Waals surface area contributed by atoms with Gasteiger partial charge in [0, 0.05) is 6.42 Å². The van der Waals surface area contributed by atoms with Crippen LogP contribution >= 0.6 is 0 Å². The molecule has 18 heavy (non-hydrogen) atoms. The molecule has 0 aliphatic carbocycles. The van der Waals surface area contributed by atoms with Crippen LogP contribution in [0.4, 0.5) is 0 Å². The molecular weight excluding hydrogens is 232 g/mol. The third kappa shape index (κ3) is 7.27. The SMILES string of the molecule is CCC[C@H](NC(=O)C[C@@H](CN)CC(C)C)C(=O)O. The largest absolute Gasteiger partial charge is 0.480 e. The van der Waals surface area contributed by atoms with Gasteiger partial charge in [0.1, 0.15) is 6.04 Å². The lowest BCUT2D eigenvalue weighted by atomic mass is 9.94. The van der Waals surface area contributed by atoms with Crippen molar-refractivity contribution in [1.29, 1.82) is 0 Å². The summed E-state index contributed by atoms with van der Waals surface area (Å²) in [5, 5.41) is 11.5. The second-order valence-electron chi connectivity index (χ2n) is 5.18. The molecular formula is C13H26N2O3. The lowest BCUT2D eigenvalue weighted by Gasteiger charge is -2.19. The summed E-state index contributed by atoms with van der Waals surface area (Å²) in [6.07, 6.45) is 2.37. The first-order valence-electron chi connectivity index (χ1n) is 6.62. The maximum Gasteiger partial charge on any atom is 0.326 e. The first-order valence-corrected chi connectivity index (χ1v) is 6.62. The molecule has 0 aromatic rings. The quantitative estimate of drug-likeness (QED) is 0.582. The summed E-state index contributed by atoms with van der Waals surface area (Å²) in [6.45, 7) is 6.51. The van der Waals surface area contributed by atoms with Crippen LogP contribution < -0.4 is 11.1 Å². The molecule has 1 amide bonds. The molecule has 0 radical (unpaired) electrons. The van der Waals surface area contributed by atoms with Gasteiger partial charge in [0.15, 0.2) is 0 Å². The number of rotatable bonds is 9. The minimum Gasteiger partial charge on any atom is -0.480 e. The van der Waals surface area contributed by atoms with Crippen molar-refractivity contribution in [1.82, 2.24) is 5.32 Å². The Labute approximate surface area is 109 Å². The smallest absolute Gasteiger partial charge is 0.326 e. The van der Waals surface area contributed by atoms with Crippen molar-refractivity contribution in [3.63, 3.8) is 0 Å². The molecule has 2 atom stereocenters. The zero-order valence-corrected chi connectivity index (χ0v) is 11.6. The summed E-state index contributed by atoms with van der Waals surface area (Å²) in [5.41, 5.74) is 5.62. The number of carboxylic acids is 1. The first kappa shape index (κ1) is 16.9. The van der Waals surface area contributed by atoms with Crippen molar-refractivity contribution < 1.29 is 14.7 Å². The van der Waals surface area contributed by atoms with Crippen molar-refractivity contribution in [2.45, 2.75) is 52.5 Å². The topological polar surface area (TPSA) is 92.4 Å². The van der Waals surface area contributed by atoms with E-state index in [-0.39, 0.29) is 11.8 Å². The number of hydrogen-bond donors (Lipinski definition) is 3. The van der Waals surface area contributed by atoms with Gasteiger partial charge in [-0.05, 0) is 31.2 Å². The van der Waals surface area contributed by atoms with Crippen molar-refractivity contribution in [2.75, 3.05) is 6.54 Å². The predicted octanol–water partition coefficient (Wildman–Crippen LogP) is 1.37. The zero-order valence-electron chi connectivity index (χ0n) is 11.6. The predicted molar refractivity (Wildman–Crippen MR) is 71.1 cm³/mol. The van der Waals surface area contributed by atoms with Crippen LogP contribution in [0.3, 0.4) is 0 Å². The fraction of sp³-hybridized carbons (Fsp3) is 0.846. The lowest BCUT2D eigenvalue weighted by molar-refractivity contribution is -0.142. The third-order valence-electron chi connectivity index (χ3n) is 2.82. The van der Waals surface area contributed by atoms with E-state index in [4.69, 9.17) is 10.8 Å². The third-order valence-corrected chi connectivity index (χ3v) is 2.82. The number of hydrogen-bond acceptors (Lipinski definition) is 3. The number of nitrogens with one attached hydrogen (secondary N) is 1. The summed E-state index contributed by atoms with van der Waals surface area (Å²) in [4.78, 5) is 22.7. The number of carbonyl (C=O) groups excluding carboxylic acids is 1. The molecule has 0 saturated carbocycles. The van der Waals surface area contributed by atoms with E-state index in [1.165, 1.54) is 0 Å². The molecule has 0 spiro atoms. The molecule has 5 nitrogen and oxygen atoms in total. The van der Waals surface area contributed by atoms with Crippen LogP contribution in [0.25, 0.3) is 0 Å². The Hall–Kier alpha value is -1.10. The molecule has 5 heteroatoms.